The molecule has 2 aromatic carbocycles. The van der Waals surface area contributed by atoms with E-state index in [2.05, 4.69) is 15.6 Å². The SMILES string of the molecule is Oc1ccccc1CNC1CCC(Nc2ccnc3cc(Cl)ccc23)CC1. The number of benzene rings is 2. The number of halogens is 1. The van der Waals surface area contributed by atoms with Crippen molar-refractivity contribution in [3.05, 3.63) is 65.3 Å². The molecule has 0 unspecified atom stereocenters. The number of anilines is 1. The Kier molecular flexibility index (Phi) is 5.46. The van der Waals surface area contributed by atoms with Crippen LogP contribution in [0.5, 0.6) is 5.75 Å². The molecule has 1 fully saturated rings. The highest BCUT2D eigenvalue weighted by Gasteiger charge is 2.21. The summed E-state index contributed by atoms with van der Waals surface area (Å²) in [7, 11) is 0. The second kappa shape index (κ2) is 8.15. The van der Waals surface area contributed by atoms with Gasteiger partial charge in [-0.1, -0.05) is 29.8 Å². The zero-order chi connectivity index (χ0) is 18.6. The van der Waals surface area contributed by atoms with E-state index >= 15 is 0 Å². The van der Waals surface area contributed by atoms with Gasteiger partial charge in [0.2, 0.25) is 0 Å². The topological polar surface area (TPSA) is 57.2 Å². The van der Waals surface area contributed by atoms with Crippen molar-refractivity contribution in [3.8, 4) is 5.75 Å². The van der Waals surface area contributed by atoms with Crippen LogP contribution in [0, 0.1) is 0 Å². The summed E-state index contributed by atoms with van der Waals surface area (Å²) in [5, 5.41) is 19.0. The first kappa shape index (κ1) is 18.1. The maximum absolute atomic E-state index is 9.89. The van der Waals surface area contributed by atoms with Crippen LogP contribution in [0.3, 0.4) is 0 Å². The van der Waals surface area contributed by atoms with Gasteiger partial charge in [-0.3, -0.25) is 4.98 Å². The van der Waals surface area contributed by atoms with Crippen LogP contribution in [0.1, 0.15) is 31.2 Å². The fraction of sp³-hybridized carbons (Fsp3) is 0.318. The van der Waals surface area contributed by atoms with Gasteiger partial charge in [-0.25, -0.2) is 0 Å². The van der Waals surface area contributed by atoms with E-state index in [1.165, 1.54) is 0 Å². The fourth-order valence-corrected chi connectivity index (χ4v) is 3.99. The van der Waals surface area contributed by atoms with Crippen molar-refractivity contribution in [2.24, 2.45) is 0 Å². The first-order chi connectivity index (χ1) is 13.2. The Hall–Kier alpha value is -2.30. The maximum atomic E-state index is 9.89. The molecule has 4 rings (SSSR count). The Labute approximate surface area is 164 Å². The van der Waals surface area contributed by atoms with Gasteiger partial charge in [0.1, 0.15) is 5.75 Å². The lowest BCUT2D eigenvalue weighted by Gasteiger charge is -2.30. The predicted molar refractivity (Wildman–Crippen MR) is 111 cm³/mol. The minimum absolute atomic E-state index is 0.366. The van der Waals surface area contributed by atoms with Crippen molar-refractivity contribution in [1.82, 2.24) is 10.3 Å². The van der Waals surface area contributed by atoms with Crippen LogP contribution >= 0.6 is 11.6 Å². The third-order valence-corrected chi connectivity index (χ3v) is 5.60. The summed E-state index contributed by atoms with van der Waals surface area (Å²) < 4.78 is 0. The number of pyridine rings is 1. The molecule has 1 saturated carbocycles. The van der Waals surface area contributed by atoms with Crippen LogP contribution < -0.4 is 10.6 Å². The third kappa shape index (κ3) is 4.34. The van der Waals surface area contributed by atoms with E-state index in [4.69, 9.17) is 11.6 Å². The molecule has 1 aliphatic carbocycles. The maximum Gasteiger partial charge on any atom is 0.120 e. The molecule has 0 saturated heterocycles. The molecule has 3 aromatic rings. The minimum atomic E-state index is 0.366. The number of nitrogens with zero attached hydrogens (tertiary/aromatic N) is 1. The summed E-state index contributed by atoms with van der Waals surface area (Å²) in [6.45, 7) is 0.713. The number of rotatable bonds is 5. The van der Waals surface area contributed by atoms with E-state index in [1.54, 1.807) is 6.07 Å². The van der Waals surface area contributed by atoms with Crippen molar-refractivity contribution in [2.45, 2.75) is 44.3 Å². The molecule has 4 nitrogen and oxygen atoms in total. The number of aromatic hydroxyl groups is 1. The van der Waals surface area contributed by atoms with E-state index in [0.29, 0.717) is 29.4 Å². The molecule has 27 heavy (non-hydrogen) atoms. The molecule has 0 atom stereocenters. The van der Waals surface area contributed by atoms with Crippen molar-refractivity contribution < 1.29 is 5.11 Å². The van der Waals surface area contributed by atoms with E-state index < -0.39 is 0 Å². The highest BCUT2D eigenvalue weighted by atomic mass is 35.5. The third-order valence-electron chi connectivity index (χ3n) is 5.36. The number of hydrogen-bond acceptors (Lipinski definition) is 4. The number of phenolic OH excluding ortho intramolecular Hbond substituents is 1. The van der Waals surface area contributed by atoms with Gasteiger partial charge in [0.25, 0.3) is 0 Å². The molecule has 1 aromatic heterocycles. The first-order valence-corrected chi connectivity index (χ1v) is 9.88. The molecule has 0 spiro atoms. The molecule has 3 N–H and O–H groups in total. The Morgan fingerprint density at radius 2 is 1.78 bits per heavy atom. The molecule has 0 radical (unpaired) electrons. The van der Waals surface area contributed by atoms with Gasteiger partial charge in [0.05, 0.1) is 5.52 Å². The lowest BCUT2D eigenvalue weighted by Crippen LogP contribution is -2.36. The summed E-state index contributed by atoms with van der Waals surface area (Å²) >= 11 is 6.08. The number of nitrogens with one attached hydrogen (secondary N) is 2. The molecular formula is C22H24ClN3O. The molecule has 140 valence electrons. The van der Waals surface area contributed by atoms with E-state index in [9.17, 15) is 5.11 Å². The number of aromatic nitrogens is 1. The Morgan fingerprint density at radius 3 is 2.59 bits per heavy atom. The summed E-state index contributed by atoms with van der Waals surface area (Å²) in [5.74, 6) is 0.366. The van der Waals surface area contributed by atoms with Crippen LogP contribution in [0.25, 0.3) is 10.9 Å². The number of fused-ring (bicyclic) bond motifs is 1. The molecule has 1 heterocycles. The van der Waals surface area contributed by atoms with Crippen LogP contribution in [0.15, 0.2) is 54.7 Å². The number of phenols is 1. The number of hydrogen-bond donors (Lipinski definition) is 3. The number of para-hydroxylation sites is 1. The van der Waals surface area contributed by atoms with Gasteiger partial charge in [-0.05, 0) is 56.0 Å². The molecule has 0 amide bonds. The van der Waals surface area contributed by atoms with Crippen LogP contribution in [-0.4, -0.2) is 22.2 Å². The van der Waals surface area contributed by atoms with Gasteiger partial charge >= 0.3 is 0 Å². The van der Waals surface area contributed by atoms with Gasteiger partial charge in [0, 0.05) is 46.5 Å². The summed E-state index contributed by atoms with van der Waals surface area (Å²) in [5.41, 5.74) is 3.01. The molecule has 5 heteroatoms. The van der Waals surface area contributed by atoms with Gasteiger partial charge in [-0.15, -0.1) is 0 Å². The molecule has 0 aliphatic heterocycles. The highest BCUT2D eigenvalue weighted by Crippen LogP contribution is 2.28. The van der Waals surface area contributed by atoms with E-state index in [-0.39, 0.29) is 0 Å². The summed E-state index contributed by atoms with van der Waals surface area (Å²) in [4.78, 5) is 4.41. The zero-order valence-corrected chi connectivity index (χ0v) is 15.9. The van der Waals surface area contributed by atoms with Crippen LogP contribution in [0.4, 0.5) is 5.69 Å². The fourth-order valence-electron chi connectivity index (χ4n) is 3.82. The Bertz CT molecular complexity index is 922. The summed E-state index contributed by atoms with van der Waals surface area (Å²) in [6, 6.07) is 16.4. The smallest absolute Gasteiger partial charge is 0.120 e. The van der Waals surface area contributed by atoms with Crippen molar-refractivity contribution in [1.29, 1.82) is 0 Å². The van der Waals surface area contributed by atoms with Gasteiger partial charge in [-0.2, -0.15) is 0 Å². The van der Waals surface area contributed by atoms with E-state index in [1.807, 2.05) is 48.7 Å². The quantitative estimate of drug-likeness (QED) is 0.575. The standard InChI is InChI=1S/C22H24ClN3O/c23-16-5-10-19-20(11-12-24-21(19)13-16)26-18-8-6-17(7-9-18)25-14-15-3-1-2-4-22(15)27/h1-5,10-13,17-18,25,27H,6-9,14H2,(H,24,26). The Morgan fingerprint density at radius 1 is 1.00 bits per heavy atom. The van der Waals surface area contributed by atoms with Crippen LogP contribution in [-0.2, 0) is 6.54 Å². The molecule has 0 bridgehead atoms. The summed E-state index contributed by atoms with van der Waals surface area (Å²) in [6.07, 6.45) is 6.33. The van der Waals surface area contributed by atoms with Gasteiger partial charge in [0.15, 0.2) is 0 Å². The normalized spacial score (nSPS) is 19.9. The van der Waals surface area contributed by atoms with Crippen LogP contribution in [0.2, 0.25) is 5.02 Å². The van der Waals surface area contributed by atoms with E-state index in [0.717, 1.165) is 47.8 Å². The zero-order valence-electron chi connectivity index (χ0n) is 15.2. The average Bonchev–Trinajstić information content (AvgIpc) is 2.68. The second-order valence-corrected chi connectivity index (χ2v) is 7.66. The highest BCUT2D eigenvalue weighted by molar-refractivity contribution is 6.31. The largest absolute Gasteiger partial charge is 0.508 e. The lowest BCUT2D eigenvalue weighted by molar-refractivity contribution is 0.350. The lowest BCUT2D eigenvalue weighted by atomic mass is 9.90. The average molecular weight is 382 g/mol. The van der Waals surface area contributed by atoms with Gasteiger partial charge < -0.3 is 15.7 Å². The Balaban J connectivity index is 1.33. The van der Waals surface area contributed by atoms with Crippen molar-refractivity contribution in [2.75, 3.05) is 5.32 Å². The van der Waals surface area contributed by atoms with Crippen molar-refractivity contribution >= 4 is 28.2 Å². The minimum Gasteiger partial charge on any atom is -0.508 e. The second-order valence-electron chi connectivity index (χ2n) is 7.22. The molecule has 1 aliphatic rings. The molecular weight excluding hydrogens is 358 g/mol. The first-order valence-electron chi connectivity index (χ1n) is 9.50. The predicted octanol–water partition coefficient (Wildman–Crippen LogP) is 5.11. The monoisotopic (exact) mass is 381 g/mol. The van der Waals surface area contributed by atoms with Crippen molar-refractivity contribution in [3.63, 3.8) is 0 Å².